The van der Waals surface area contributed by atoms with Gasteiger partial charge in [0, 0.05) is 33.3 Å². The smallest absolute Gasteiger partial charge is 0.285 e. The molecule has 1 aromatic heterocycles. The first kappa shape index (κ1) is 17.0. The van der Waals surface area contributed by atoms with E-state index in [0.717, 1.165) is 26.2 Å². The fourth-order valence-electron chi connectivity index (χ4n) is 3.11. The van der Waals surface area contributed by atoms with Crippen LogP contribution in [0.3, 0.4) is 0 Å². The average Bonchev–Trinajstić information content (AvgIpc) is 2.63. The van der Waals surface area contributed by atoms with Crippen LogP contribution in [-0.2, 0) is 4.74 Å². The third-order valence-electron chi connectivity index (χ3n) is 4.38. The summed E-state index contributed by atoms with van der Waals surface area (Å²) in [5.41, 5.74) is 1.60. The number of benzene rings is 1. The molecule has 7 heteroatoms. The number of nitrogens with one attached hydrogen (secondary N) is 1. The first-order chi connectivity index (χ1) is 11.7. The van der Waals surface area contributed by atoms with Gasteiger partial charge in [-0.1, -0.05) is 41.9 Å². The molecule has 3 rings (SSSR count). The van der Waals surface area contributed by atoms with Gasteiger partial charge in [0.25, 0.3) is 5.56 Å². The minimum atomic E-state index is -0.349. The molecule has 0 amide bonds. The molecule has 0 bridgehead atoms. The van der Waals surface area contributed by atoms with Crippen molar-refractivity contribution in [1.82, 2.24) is 15.1 Å². The summed E-state index contributed by atoms with van der Waals surface area (Å²) in [4.78, 5) is 16.1. The second kappa shape index (κ2) is 7.79. The topological polar surface area (TPSA) is 61.5 Å². The maximum absolute atomic E-state index is 11.6. The molecule has 6 nitrogen and oxygen atoms in total. The van der Waals surface area contributed by atoms with Crippen LogP contribution in [0.5, 0.6) is 0 Å². The molecule has 1 aliphatic rings. The number of piperazine rings is 1. The number of methoxy groups -OCH3 is 1. The van der Waals surface area contributed by atoms with E-state index in [1.807, 2.05) is 6.07 Å². The van der Waals surface area contributed by atoms with Gasteiger partial charge in [-0.15, -0.1) is 0 Å². The van der Waals surface area contributed by atoms with Crippen LogP contribution in [0, 0.1) is 0 Å². The molecule has 1 aliphatic heterocycles. The van der Waals surface area contributed by atoms with Crippen molar-refractivity contribution < 1.29 is 4.74 Å². The fraction of sp³-hybridized carbons (Fsp3) is 0.412. The van der Waals surface area contributed by atoms with Crippen molar-refractivity contribution in [3.8, 4) is 0 Å². The Morgan fingerprint density at radius 2 is 1.96 bits per heavy atom. The molecule has 2 aromatic rings. The number of halogens is 1. The molecule has 24 heavy (non-hydrogen) atoms. The number of ether oxygens (including phenoxy) is 1. The standard InChI is InChI=1S/C17H21ClN4O2/c1-24-12-15(13-5-3-2-4-6-13)22-9-7-21(8-10-22)14-11-19-20-17(23)16(14)18/h2-6,11,15H,7-10,12H2,1H3,(H,20,23). The highest BCUT2D eigenvalue weighted by Crippen LogP contribution is 2.26. The number of aromatic nitrogens is 2. The number of hydrogen-bond donors (Lipinski definition) is 1. The molecule has 0 spiro atoms. The van der Waals surface area contributed by atoms with E-state index >= 15 is 0 Å². The van der Waals surface area contributed by atoms with Crippen LogP contribution in [0.4, 0.5) is 5.69 Å². The lowest BCUT2D eigenvalue weighted by atomic mass is 10.1. The largest absolute Gasteiger partial charge is 0.383 e. The van der Waals surface area contributed by atoms with E-state index in [1.165, 1.54) is 5.56 Å². The second-order valence-electron chi connectivity index (χ2n) is 5.80. The van der Waals surface area contributed by atoms with Crippen LogP contribution in [0.2, 0.25) is 5.02 Å². The van der Waals surface area contributed by atoms with Crippen molar-refractivity contribution in [2.24, 2.45) is 0 Å². The average molecular weight is 349 g/mol. The Balaban J connectivity index is 1.71. The zero-order chi connectivity index (χ0) is 16.9. The van der Waals surface area contributed by atoms with Crippen molar-refractivity contribution in [3.05, 3.63) is 57.5 Å². The van der Waals surface area contributed by atoms with Crippen LogP contribution in [-0.4, -0.2) is 55.0 Å². The highest BCUT2D eigenvalue weighted by atomic mass is 35.5. The molecular formula is C17H21ClN4O2. The highest BCUT2D eigenvalue weighted by molar-refractivity contribution is 6.32. The summed E-state index contributed by atoms with van der Waals surface area (Å²) in [7, 11) is 1.73. The van der Waals surface area contributed by atoms with Gasteiger partial charge in [0.05, 0.1) is 24.5 Å². The van der Waals surface area contributed by atoms with Crippen molar-refractivity contribution in [2.75, 3.05) is 44.8 Å². The Morgan fingerprint density at radius 1 is 1.25 bits per heavy atom. The molecule has 1 saturated heterocycles. The highest BCUT2D eigenvalue weighted by Gasteiger charge is 2.26. The molecule has 1 fully saturated rings. The number of rotatable bonds is 5. The lowest BCUT2D eigenvalue weighted by molar-refractivity contribution is 0.0856. The minimum absolute atomic E-state index is 0.204. The predicted octanol–water partition coefficient (Wildman–Crippen LogP) is 1.93. The van der Waals surface area contributed by atoms with E-state index in [0.29, 0.717) is 12.3 Å². The van der Waals surface area contributed by atoms with E-state index in [4.69, 9.17) is 16.3 Å². The maximum Gasteiger partial charge on any atom is 0.285 e. The number of H-pyrrole nitrogens is 1. The Hall–Kier alpha value is -1.89. The number of nitrogens with zero attached hydrogens (tertiary/aromatic N) is 3. The summed E-state index contributed by atoms with van der Waals surface area (Å²) in [5, 5.41) is 6.41. The summed E-state index contributed by atoms with van der Waals surface area (Å²) >= 11 is 6.11. The number of hydrogen-bond acceptors (Lipinski definition) is 5. The van der Waals surface area contributed by atoms with E-state index in [-0.39, 0.29) is 16.6 Å². The maximum atomic E-state index is 11.6. The normalized spacial score (nSPS) is 17.0. The van der Waals surface area contributed by atoms with E-state index in [1.54, 1.807) is 13.3 Å². The molecule has 1 aromatic carbocycles. The Bertz CT molecular complexity index is 714. The summed E-state index contributed by atoms with van der Waals surface area (Å²) < 4.78 is 5.43. The third-order valence-corrected chi connectivity index (χ3v) is 4.75. The zero-order valence-electron chi connectivity index (χ0n) is 13.6. The lowest BCUT2D eigenvalue weighted by Gasteiger charge is -2.40. The molecule has 1 unspecified atom stereocenters. The van der Waals surface area contributed by atoms with Crippen molar-refractivity contribution in [3.63, 3.8) is 0 Å². The van der Waals surface area contributed by atoms with Crippen molar-refractivity contribution in [2.45, 2.75) is 6.04 Å². The van der Waals surface area contributed by atoms with Crippen molar-refractivity contribution >= 4 is 17.3 Å². The summed E-state index contributed by atoms with van der Waals surface area (Å²) in [6.45, 7) is 3.96. The molecule has 1 N–H and O–H groups in total. The van der Waals surface area contributed by atoms with E-state index < -0.39 is 0 Å². The van der Waals surface area contributed by atoms with Gasteiger partial charge in [0.2, 0.25) is 0 Å². The lowest BCUT2D eigenvalue weighted by Crippen LogP contribution is -2.48. The molecule has 2 heterocycles. The first-order valence-corrected chi connectivity index (χ1v) is 8.34. The van der Waals surface area contributed by atoms with Gasteiger partial charge in [-0.3, -0.25) is 9.69 Å². The third kappa shape index (κ3) is 3.61. The summed E-state index contributed by atoms with van der Waals surface area (Å²) in [6.07, 6.45) is 1.61. The Labute approximate surface area is 146 Å². The van der Waals surface area contributed by atoms with Crippen LogP contribution < -0.4 is 10.5 Å². The Morgan fingerprint density at radius 3 is 2.62 bits per heavy atom. The zero-order valence-corrected chi connectivity index (χ0v) is 14.4. The van der Waals surface area contributed by atoms with E-state index in [9.17, 15) is 4.79 Å². The minimum Gasteiger partial charge on any atom is -0.383 e. The molecule has 0 aliphatic carbocycles. The second-order valence-corrected chi connectivity index (χ2v) is 6.18. The van der Waals surface area contributed by atoms with Gasteiger partial charge in [-0.2, -0.15) is 5.10 Å². The number of anilines is 1. The quantitative estimate of drug-likeness (QED) is 0.894. The molecule has 1 atom stereocenters. The summed E-state index contributed by atoms with van der Waals surface area (Å²) in [5.74, 6) is 0. The molecule has 128 valence electrons. The monoisotopic (exact) mass is 348 g/mol. The van der Waals surface area contributed by atoms with Crippen LogP contribution in [0.1, 0.15) is 11.6 Å². The SMILES string of the molecule is COCC(c1ccccc1)N1CCN(c2cn[nH]c(=O)c2Cl)CC1. The predicted molar refractivity (Wildman–Crippen MR) is 94.7 cm³/mol. The van der Waals surface area contributed by atoms with Gasteiger partial charge in [0.15, 0.2) is 0 Å². The number of aromatic amines is 1. The van der Waals surface area contributed by atoms with Crippen molar-refractivity contribution in [1.29, 1.82) is 0 Å². The van der Waals surface area contributed by atoms with Gasteiger partial charge in [-0.25, -0.2) is 5.10 Å². The molecule has 0 radical (unpaired) electrons. The van der Waals surface area contributed by atoms with Gasteiger partial charge < -0.3 is 9.64 Å². The fourth-order valence-corrected chi connectivity index (χ4v) is 3.33. The molecular weight excluding hydrogens is 328 g/mol. The van der Waals surface area contributed by atoms with Crippen LogP contribution in [0.25, 0.3) is 0 Å². The first-order valence-electron chi connectivity index (χ1n) is 7.96. The van der Waals surface area contributed by atoms with Gasteiger partial charge in [0.1, 0.15) is 5.02 Å². The molecule has 0 saturated carbocycles. The van der Waals surface area contributed by atoms with Crippen LogP contribution >= 0.6 is 11.6 Å². The Kier molecular flexibility index (Phi) is 5.50. The summed E-state index contributed by atoms with van der Waals surface area (Å²) in [6, 6.07) is 10.6. The van der Waals surface area contributed by atoms with Crippen LogP contribution in [0.15, 0.2) is 41.3 Å². The van der Waals surface area contributed by atoms with Gasteiger partial charge in [-0.05, 0) is 5.56 Å². The van der Waals surface area contributed by atoms with Gasteiger partial charge >= 0.3 is 0 Å². The van der Waals surface area contributed by atoms with E-state index in [2.05, 4.69) is 44.3 Å².